The Morgan fingerprint density at radius 3 is 2.50 bits per heavy atom. The average Bonchev–Trinajstić information content (AvgIpc) is 2.61. The fourth-order valence-corrected chi connectivity index (χ4v) is 3.56. The molecule has 8 nitrogen and oxygen atoms in total. The molecule has 0 aliphatic carbocycles. The van der Waals surface area contributed by atoms with E-state index >= 15 is 0 Å². The van der Waals surface area contributed by atoms with Gasteiger partial charge in [-0.2, -0.15) is 0 Å². The minimum atomic E-state index is -3.50. The Labute approximate surface area is 150 Å². The van der Waals surface area contributed by atoms with Gasteiger partial charge in [0.25, 0.3) is 5.69 Å². The van der Waals surface area contributed by atoms with E-state index in [2.05, 4.69) is 5.32 Å². The molecule has 0 spiro atoms. The molecule has 0 aromatic heterocycles. The van der Waals surface area contributed by atoms with Gasteiger partial charge in [-0.1, -0.05) is 6.07 Å². The molecule has 0 atom stereocenters. The first kappa shape index (κ1) is 19.4. The highest BCUT2D eigenvalue weighted by atomic mass is 32.2. The fourth-order valence-electron chi connectivity index (χ4n) is 2.24. The molecular formula is C17H18N2O6S. The number of rotatable bonds is 8. The second kappa shape index (κ2) is 8.43. The third kappa shape index (κ3) is 5.28. The van der Waals surface area contributed by atoms with E-state index in [1.165, 1.54) is 43.5 Å². The van der Waals surface area contributed by atoms with Crippen molar-refractivity contribution in [2.24, 2.45) is 0 Å². The number of carbonyl (C=O) groups is 1. The Kier molecular flexibility index (Phi) is 6.29. The number of ether oxygens (including phenoxy) is 1. The first-order chi connectivity index (χ1) is 12.3. The minimum Gasteiger partial charge on any atom is -0.497 e. The van der Waals surface area contributed by atoms with E-state index in [1.54, 1.807) is 12.1 Å². The molecule has 0 saturated heterocycles. The fraction of sp³-hybridized carbons (Fsp3) is 0.235. The monoisotopic (exact) mass is 378 g/mol. The summed E-state index contributed by atoms with van der Waals surface area (Å²) in [5, 5.41) is 13.2. The number of hydrogen-bond acceptors (Lipinski definition) is 6. The molecule has 2 aromatic carbocycles. The van der Waals surface area contributed by atoms with Crippen LogP contribution in [0, 0.1) is 10.1 Å². The SMILES string of the molecule is COc1ccc(S(=O)(=O)CCCC(=O)Nc2cccc([N+](=O)[O-])c2)cc1. The summed E-state index contributed by atoms with van der Waals surface area (Å²) in [6, 6.07) is 11.6. The van der Waals surface area contributed by atoms with Gasteiger partial charge in [-0.3, -0.25) is 14.9 Å². The molecular weight excluding hydrogens is 360 g/mol. The van der Waals surface area contributed by atoms with Crippen LogP contribution in [0.25, 0.3) is 0 Å². The summed E-state index contributed by atoms with van der Waals surface area (Å²) in [6.07, 6.45) is 0.118. The lowest BCUT2D eigenvalue weighted by Crippen LogP contribution is -2.14. The van der Waals surface area contributed by atoms with Crippen molar-refractivity contribution in [1.29, 1.82) is 0 Å². The number of amides is 1. The quantitative estimate of drug-likeness (QED) is 0.558. The van der Waals surface area contributed by atoms with Gasteiger partial charge in [-0.15, -0.1) is 0 Å². The van der Waals surface area contributed by atoms with Crippen molar-refractivity contribution in [2.45, 2.75) is 17.7 Å². The zero-order chi connectivity index (χ0) is 19.2. The highest BCUT2D eigenvalue weighted by Gasteiger charge is 2.15. The van der Waals surface area contributed by atoms with E-state index in [4.69, 9.17) is 4.74 Å². The van der Waals surface area contributed by atoms with Crippen LogP contribution in [0.3, 0.4) is 0 Å². The summed E-state index contributed by atoms with van der Waals surface area (Å²) in [4.78, 5) is 22.2. The largest absolute Gasteiger partial charge is 0.497 e. The Morgan fingerprint density at radius 1 is 1.19 bits per heavy atom. The van der Waals surface area contributed by atoms with Crippen LogP contribution in [0.4, 0.5) is 11.4 Å². The van der Waals surface area contributed by atoms with E-state index in [9.17, 15) is 23.3 Å². The maximum atomic E-state index is 12.2. The van der Waals surface area contributed by atoms with Gasteiger partial charge >= 0.3 is 0 Å². The summed E-state index contributed by atoms with van der Waals surface area (Å²) < 4.78 is 29.5. The molecule has 0 radical (unpaired) electrons. The van der Waals surface area contributed by atoms with E-state index in [0.717, 1.165) is 0 Å². The van der Waals surface area contributed by atoms with Gasteiger partial charge in [-0.05, 0) is 36.8 Å². The number of benzene rings is 2. The third-order valence-corrected chi connectivity index (χ3v) is 5.39. The molecule has 0 bridgehead atoms. The number of carbonyl (C=O) groups excluding carboxylic acids is 1. The first-order valence-electron chi connectivity index (χ1n) is 7.73. The lowest BCUT2D eigenvalue weighted by atomic mass is 10.2. The molecule has 26 heavy (non-hydrogen) atoms. The number of nitrogens with one attached hydrogen (secondary N) is 1. The Hall–Kier alpha value is -2.94. The average molecular weight is 378 g/mol. The lowest BCUT2D eigenvalue weighted by Gasteiger charge is -2.07. The number of nitro groups is 1. The standard InChI is InChI=1S/C17H18N2O6S/c1-25-15-7-9-16(10-8-15)26(23,24)11-3-6-17(20)18-13-4-2-5-14(12-13)19(21)22/h2,4-5,7-10,12H,3,6,11H2,1H3,(H,18,20). The van der Waals surface area contributed by atoms with Gasteiger partial charge in [0, 0.05) is 24.2 Å². The van der Waals surface area contributed by atoms with Crippen molar-refractivity contribution in [1.82, 2.24) is 0 Å². The van der Waals surface area contributed by atoms with Gasteiger partial charge < -0.3 is 10.1 Å². The van der Waals surface area contributed by atoms with Gasteiger partial charge in [0.1, 0.15) is 5.75 Å². The maximum Gasteiger partial charge on any atom is 0.271 e. The van der Waals surface area contributed by atoms with E-state index in [1.807, 2.05) is 0 Å². The van der Waals surface area contributed by atoms with Gasteiger partial charge in [0.2, 0.25) is 5.91 Å². The smallest absolute Gasteiger partial charge is 0.271 e. The zero-order valence-corrected chi connectivity index (χ0v) is 14.9. The molecule has 0 unspecified atom stereocenters. The molecule has 138 valence electrons. The number of methoxy groups -OCH3 is 1. The van der Waals surface area contributed by atoms with Crippen molar-refractivity contribution in [3.05, 3.63) is 58.6 Å². The molecule has 1 N–H and O–H groups in total. The molecule has 0 aliphatic rings. The van der Waals surface area contributed by atoms with Crippen molar-refractivity contribution in [3.8, 4) is 5.75 Å². The number of hydrogen-bond donors (Lipinski definition) is 1. The summed E-state index contributed by atoms with van der Waals surface area (Å²) >= 11 is 0. The second-order valence-electron chi connectivity index (χ2n) is 5.45. The minimum absolute atomic E-state index is 0.0158. The predicted molar refractivity (Wildman–Crippen MR) is 96.0 cm³/mol. The maximum absolute atomic E-state index is 12.2. The van der Waals surface area contributed by atoms with E-state index < -0.39 is 20.7 Å². The second-order valence-corrected chi connectivity index (χ2v) is 7.56. The van der Waals surface area contributed by atoms with Crippen LogP contribution < -0.4 is 10.1 Å². The summed E-state index contributed by atoms with van der Waals surface area (Å²) in [5.74, 6) is -0.0301. The number of nitro benzene ring substituents is 1. The molecule has 1 amide bonds. The predicted octanol–water partition coefficient (Wildman–Crippen LogP) is 2.80. The lowest BCUT2D eigenvalue weighted by molar-refractivity contribution is -0.384. The third-order valence-electron chi connectivity index (χ3n) is 3.58. The first-order valence-corrected chi connectivity index (χ1v) is 9.38. The van der Waals surface area contributed by atoms with Crippen LogP contribution >= 0.6 is 0 Å². The normalized spacial score (nSPS) is 11.0. The Balaban J connectivity index is 1.89. The van der Waals surface area contributed by atoms with Crippen LogP contribution in [0.2, 0.25) is 0 Å². The van der Waals surface area contributed by atoms with Crippen molar-refractivity contribution < 1.29 is 22.9 Å². The Morgan fingerprint density at radius 2 is 1.88 bits per heavy atom. The van der Waals surface area contributed by atoms with Gasteiger partial charge in [0.05, 0.1) is 22.7 Å². The highest BCUT2D eigenvalue weighted by Crippen LogP contribution is 2.19. The van der Waals surface area contributed by atoms with Crippen LogP contribution in [0.5, 0.6) is 5.75 Å². The highest BCUT2D eigenvalue weighted by molar-refractivity contribution is 7.91. The molecule has 2 aromatic rings. The van der Waals surface area contributed by atoms with Gasteiger partial charge in [-0.25, -0.2) is 8.42 Å². The van der Waals surface area contributed by atoms with Crippen LogP contribution in [-0.4, -0.2) is 32.1 Å². The van der Waals surface area contributed by atoms with Crippen molar-refractivity contribution >= 4 is 27.1 Å². The van der Waals surface area contributed by atoms with E-state index in [0.29, 0.717) is 11.4 Å². The molecule has 0 saturated carbocycles. The molecule has 0 aliphatic heterocycles. The Bertz CT molecular complexity index is 894. The topological polar surface area (TPSA) is 116 Å². The number of sulfone groups is 1. The van der Waals surface area contributed by atoms with Crippen molar-refractivity contribution in [2.75, 3.05) is 18.2 Å². The van der Waals surface area contributed by atoms with Crippen molar-refractivity contribution in [3.63, 3.8) is 0 Å². The zero-order valence-electron chi connectivity index (χ0n) is 14.0. The summed E-state index contributed by atoms with van der Waals surface area (Å²) in [6.45, 7) is 0. The molecule has 2 rings (SSSR count). The number of nitrogens with zero attached hydrogens (tertiary/aromatic N) is 1. The van der Waals surface area contributed by atoms with Crippen LogP contribution in [0.1, 0.15) is 12.8 Å². The number of anilines is 1. The summed E-state index contributed by atoms with van der Waals surface area (Å²) in [7, 11) is -2.01. The number of non-ortho nitro benzene ring substituents is 1. The molecule has 0 fully saturated rings. The summed E-state index contributed by atoms with van der Waals surface area (Å²) in [5.41, 5.74) is 0.159. The molecule has 0 heterocycles. The van der Waals surface area contributed by atoms with Crippen LogP contribution in [0.15, 0.2) is 53.4 Å². The van der Waals surface area contributed by atoms with Crippen LogP contribution in [-0.2, 0) is 14.6 Å². The van der Waals surface area contributed by atoms with E-state index in [-0.39, 0.29) is 29.2 Å². The molecule has 9 heteroatoms. The van der Waals surface area contributed by atoms with Gasteiger partial charge in [0.15, 0.2) is 9.84 Å².